The Bertz CT molecular complexity index is 1070. The van der Waals surface area contributed by atoms with Gasteiger partial charge in [0, 0.05) is 51.0 Å². The van der Waals surface area contributed by atoms with Gasteiger partial charge in [0.15, 0.2) is 6.61 Å². The van der Waals surface area contributed by atoms with Crippen molar-refractivity contribution in [2.24, 2.45) is 0 Å². The van der Waals surface area contributed by atoms with E-state index in [-0.39, 0.29) is 23.1 Å². The van der Waals surface area contributed by atoms with Crippen LogP contribution in [0.4, 0.5) is 17.1 Å². The third kappa shape index (κ3) is 6.15. The number of nitrogens with zero attached hydrogens (tertiary/aromatic N) is 4. The van der Waals surface area contributed by atoms with E-state index in [1.165, 1.54) is 37.7 Å². The van der Waals surface area contributed by atoms with E-state index in [2.05, 4.69) is 17.0 Å². The van der Waals surface area contributed by atoms with Gasteiger partial charge >= 0.3 is 0 Å². The maximum Gasteiger partial charge on any atom is 0.292 e. The summed E-state index contributed by atoms with van der Waals surface area (Å²) in [5.74, 6) is 1.36. The van der Waals surface area contributed by atoms with Crippen LogP contribution in [0.1, 0.15) is 43.6 Å². The highest BCUT2D eigenvalue weighted by atomic mass is 16.6. The van der Waals surface area contributed by atoms with Gasteiger partial charge < -0.3 is 24.2 Å². The lowest BCUT2D eigenvalue weighted by molar-refractivity contribution is -0.384. The van der Waals surface area contributed by atoms with E-state index in [0.717, 1.165) is 11.4 Å². The van der Waals surface area contributed by atoms with E-state index < -0.39 is 0 Å². The molecule has 0 spiro atoms. The van der Waals surface area contributed by atoms with E-state index >= 15 is 0 Å². The van der Waals surface area contributed by atoms with Gasteiger partial charge in [-0.1, -0.05) is 31.4 Å². The van der Waals surface area contributed by atoms with Crippen LogP contribution in [0, 0.1) is 10.1 Å². The monoisotopic (exact) mass is 508 g/mol. The Labute approximate surface area is 218 Å². The van der Waals surface area contributed by atoms with Crippen LogP contribution >= 0.6 is 0 Å². The average Bonchev–Trinajstić information content (AvgIpc) is 2.97. The molecule has 0 atom stereocenters. The summed E-state index contributed by atoms with van der Waals surface area (Å²) in [5.41, 5.74) is 3.06. The molecule has 1 amide bonds. The van der Waals surface area contributed by atoms with Crippen LogP contribution in [0.3, 0.4) is 0 Å². The quantitative estimate of drug-likeness (QED) is 0.409. The number of carbonyl (C=O) groups is 1. The van der Waals surface area contributed by atoms with Crippen molar-refractivity contribution >= 4 is 23.0 Å². The molecule has 9 nitrogen and oxygen atoms in total. The molecule has 0 bridgehead atoms. The van der Waals surface area contributed by atoms with Gasteiger partial charge in [0.25, 0.3) is 11.6 Å². The fourth-order valence-corrected chi connectivity index (χ4v) is 5.64. The predicted molar refractivity (Wildman–Crippen MR) is 143 cm³/mol. The molecular formula is C28H36N4O5. The van der Waals surface area contributed by atoms with E-state index in [0.29, 0.717) is 64.1 Å². The Balaban J connectivity index is 1.13. The molecule has 2 aliphatic heterocycles. The molecule has 2 aromatic carbocycles. The number of hydrogen-bond acceptors (Lipinski definition) is 7. The van der Waals surface area contributed by atoms with Crippen molar-refractivity contribution in [1.29, 1.82) is 0 Å². The van der Waals surface area contributed by atoms with E-state index in [4.69, 9.17) is 9.47 Å². The first-order valence-corrected chi connectivity index (χ1v) is 13.4. The van der Waals surface area contributed by atoms with Gasteiger partial charge in [-0.3, -0.25) is 14.9 Å². The van der Waals surface area contributed by atoms with Gasteiger partial charge in [0.05, 0.1) is 18.1 Å². The van der Waals surface area contributed by atoms with Gasteiger partial charge in [0.2, 0.25) is 0 Å². The minimum absolute atomic E-state index is 0.0197. The molecule has 0 aromatic heterocycles. The molecule has 1 aliphatic carbocycles. The lowest BCUT2D eigenvalue weighted by atomic mass is 9.84. The van der Waals surface area contributed by atoms with E-state index in [1.807, 2.05) is 28.0 Å². The number of rotatable bonds is 7. The third-order valence-corrected chi connectivity index (χ3v) is 7.82. The molecule has 0 unspecified atom stereocenters. The zero-order valence-corrected chi connectivity index (χ0v) is 21.3. The Kier molecular flexibility index (Phi) is 8.08. The summed E-state index contributed by atoms with van der Waals surface area (Å²) in [5, 5.41) is 11.6. The predicted octanol–water partition coefficient (Wildman–Crippen LogP) is 4.21. The van der Waals surface area contributed by atoms with Crippen molar-refractivity contribution in [1.82, 2.24) is 4.90 Å². The number of piperazine rings is 1. The number of nitro benzene ring substituents is 1. The zero-order chi connectivity index (χ0) is 25.6. The molecule has 3 fully saturated rings. The highest BCUT2D eigenvalue weighted by Gasteiger charge is 2.26. The summed E-state index contributed by atoms with van der Waals surface area (Å²) in [6.45, 7) is 4.95. The molecule has 0 N–H and O–H groups in total. The van der Waals surface area contributed by atoms with Crippen molar-refractivity contribution in [2.45, 2.75) is 38.0 Å². The second-order valence-electron chi connectivity index (χ2n) is 10.1. The molecular weight excluding hydrogens is 472 g/mol. The molecule has 2 heterocycles. The van der Waals surface area contributed by atoms with Crippen LogP contribution in [-0.4, -0.2) is 74.8 Å². The average molecular weight is 509 g/mol. The lowest BCUT2D eigenvalue weighted by Gasteiger charge is -2.36. The lowest BCUT2D eigenvalue weighted by Crippen LogP contribution is -2.50. The first-order chi connectivity index (χ1) is 18.1. The number of benzene rings is 2. The fraction of sp³-hybridized carbons (Fsp3) is 0.536. The topological polar surface area (TPSA) is 88.4 Å². The normalized spacial score (nSPS) is 19.1. The number of amides is 1. The molecule has 3 aliphatic rings. The van der Waals surface area contributed by atoms with Crippen LogP contribution in [0.2, 0.25) is 0 Å². The second kappa shape index (κ2) is 11.8. The van der Waals surface area contributed by atoms with Gasteiger partial charge in [-0.2, -0.15) is 0 Å². The molecule has 198 valence electrons. The third-order valence-electron chi connectivity index (χ3n) is 7.82. The van der Waals surface area contributed by atoms with Crippen LogP contribution < -0.4 is 14.5 Å². The van der Waals surface area contributed by atoms with Crippen molar-refractivity contribution in [3.05, 3.63) is 58.1 Å². The first-order valence-electron chi connectivity index (χ1n) is 13.4. The number of hydrogen-bond donors (Lipinski definition) is 0. The summed E-state index contributed by atoms with van der Waals surface area (Å²) in [6.07, 6.45) is 6.49. The summed E-state index contributed by atoms with van der Waals surface area (Å²) in [7, 11) is 0. The minimum Gasteiger partial charge on any atom is -0.484 e. The Morgan fingerprint density at radius 1 is 0.919 bits per heavy atom. The number of ether oxygens (including phenoxy) is 2. The van der Waals surface area contributed by atoms with Crippen LogP contribution in [-0.2, 0) is 9.53 Å². The molecule has 2 aromatic rings. The highest BCUT2D eigenvalue weighted by molar-refractivity contribution is 5.78. The molecule has 37 heavy (non-hydrogen) atoms. The fourth-order valence-electron chi connectivity index (χ4n) is 5.64. The van der Waals surface area contributed by atoms with E-state index in [9.17, 15) is 14.9 Å². The van der Waals surface area contributed by atoms with Crippen LogP contribution in [0.15, 0.2) is 42.5 Å². The van der Waals surface area contributed by atoms with Crippen molar-refractivity contribution in [3.63, 3.8) is 0 Å². The van der Waals surface area contributed by atoms with Gasteiger partial charge in [-0.05, 0) is 48.6 Å². The van der Waals surface area contributed by atoms with Crippen LogP contribution in [0.5, 0.6) is 5.75 Å². The molecule has 1 saturated carbocycles. The van der Waals surface area contributed by atoms with E-state index in [1.54, 1.807) is 12.1 Å². The van der Waals surface area contributed by atoms with Crippen molar-refractivity contribution < 1.29 is 19.2 Å². The summed E-state index contributed by atoms with van der Waals surface area (Å²) in [4.78, 5) is 30.1. The smallest absolute Gasteiger partial charge is 0.292 e. The highest BCUT2D eigenvalue weighted by Crippen LogP contribution is 2.34. The maximum atomic E-state index is 12.8. The van der Waals surface area contributed by atoms with Crippen LogP contribution in [0.25, 0.3) is 0 Å². The van der Waals surface area contributed by atoms with Gasteiger partial charge in [0.1, 0.15) is 11.4 Å². The number of nitro groups is 1. The Morgan fingerprint density at radius 2 is 1.62 bits per heavy atom. The largest absolute Gasteiger partial charge is 0.484 e. The summed E-state index contributed by atoms with van der Waals surface area (Å²) in [6, 6.07) is 13.5. The first kappa shape index (κ1) is 25.3. The maximum absolute atomic E-state index is 12.8. The number of morpholine rings is 1. The SMILES string of the molecule is O=C(COc1ccc(C2CCCCC2)cc1)N1CCN(c2ccc([N+](=O)[O-])c(N3CCOCC3)c2)CC1. The summed E-state index contributed by atoms with van der Waals surface area (Å²) >= 11 is 0. The van der Waals surface area contributed by atoms with Crippen molar-refractivity contribution in [2.75, 3.05) is 68.9 Å². The second-order valence-corrected chi connectivity index (χ2v) is 10.1. The Morgan fingerprint density at radius 3 is 2.30 bits per heavy atom. The Hall–Kier alpha value is -3.33. The standard InChI is InChI=1S/C28H36N4O5/c33-28(21-37-25-9-6-23(7-10-25)22-4-2-1-3-5-22)31-14-12-29(13-15-31)24-8-11-26(32(34)35)27(20-24)30-16-18-36-19-17-30/h6-11,20,22H,1-5,12-19,21H2. The molecule has 2 saturated heterocycles. The van der Waals surface area contributed by atoms with Gasteiger partial charge in [-0.15, -0.1) is 0 Å². The number of carbonyl (C=O) groups excluding carboxylic acids is 1. The summed E-state index contributed by atoms with van der Waals surface area (Å²) < 4.78 is 11.2. The molecule has 9 heteroatoms. The molecule has 0 radical (unpaired) electrons. The number of anilines is 2. The molecule has 5 rings (SSSR count). The zero-order valence-electron chi connectivity index (χ0n) is 21.3. The van der Waals surface area contributed by atoms with Gasteiger partial charge in [-0.25, -0.2) is 0 Å². The minimum atomic E-state index is -0.325. The van der Waals surface area contributed by atoms with Crippen molar-refractivity contribution in [3.8, 4) is 5.75 Å².